The molecule has 1 fully saturated rings. The molecule has 5 nitrogen and oxygen atoms in total. The number of methoxy groups -OCH3 is 1. The number of nitrogens with one attached hydrogen (secondary N) is 2. The Kier molecular flexibility index (Phi) is 5.26. The molecule has 1 aliphatic carbocycles. The maximum Gasteiger partial charge on any atom is 0.236 e. The van der Waals surface area contributed by atoms with Crippen LogP contribution in [0.4, 0.5) is 0 Å². The summed E-state index contributed by atoms with van der Waals surface area (Å²) < 4.78 is 5.12. The van der Waals surface area contributed by atoms with Crippen LogP contribution in [0.1, 0.15) is 36.9 Å². The summed E-state index contributed by atoms with van der Waals surface area (Å²) in [6.45, 7) is 2.32. The standard InChI is InChI=1S/C21H24N2O3/c1-15(17-6-4-3-5-7-17)23-20(25)21(12-13-21)19(24)22-14-16-8-10-18(26-2)11-9-16/h3-11,15H,12-14H2,1-2H3,(H,22,24)(H,23,25). The predicted molar refractivity (Wildman–Crippen MR) is 99.5 cm³/mol. The summed E-state index contributed by atoms with van der Waals surface area (Å²) in [5.74, 6) is 0.375. The van der Waals surface area contributed by atoms with Crippen molar-refractivity contribution in [2.75, 3.05) is 7.11 Å². The summed E-state index contributed by atoms with van der Waals surface area (Å²) in [6.07, 6.45) is 1.18. The lowest BCUT2D eigenvalue weighted by atomic mass is 10.0. The van der Waals surface area contributed by atoms with Crippen LogP contribution < -0.4 is 15.4 Å². The van der Waals surface area contributed by atoms with Crippen LogP contribution >= 0.6 is 0 Å². The van der Waals surface area contributed by atoms with Crippen LogP contribution in [0, 0.1) is 5.41 Å². The number of amides is 2. The molecule has 1 aliphatic rings. The second-order valence-electron chi connectivity index (χ2n) is 6.72. The van der Waals surface area contributed by atoms with Crippen LogP contribution in [0.5, 0.6) is 5.75 Å². The van der Waals surface area contributed by atoms with Crippen molar-refractivity contribution in [1.82, 2.24) is 10.6 Å². The maximum atomic E-state index is 12.7. The van der Waals surface area contributed by atoms with Gasteiger partial charge in [0.2, 0.25) is 11.8 Å². The van der Waals surface area contributed by atoms with Crippen molar-refractivity contribution in [2.24, 2.45) is 5.41 Å². The zero-order valence-corrected chi connectivity index (χ0v) is 15.1. The van der Waals surface area contributed by atoms with Crippen molar-refractivity contribution in [2.45, 2.75) is 32.4 Å². The second kappa shape index (κ2) is 7.60. The summed E-state index contributed by atoms with van der Waals surface area (Å²) in [6, 6.07) is 17.1. The summed E-state index contributed by atoms with van der Waals surface area (Å²) in [7, 11) is 1.61. The van der Waals surface area contributed by atoms with Crippen LogP contribution in [0.25, 0.3) is 0 Å². The molecule has 26 heavy (non-hydrogen) atoms. The molecule has 1 atom stereocenters. The van der Waals surface area contributed by atoms with E-state index in [4.69, 9.17) is 4.74 Å². The largest absolute Gasteiger partial charge is 0.497 e. The van der Waals surface area contributed by atoms with Gasteiger partial charge in [-0.25, -0.2) is 0 Å². The topological polar surface area (TPSA) is 67.4 Å². The van der Waals surface area contributed by atoms with Crippen molar-refractivity contribution in [3.63, 3.8) is 0 Å². The van der Waals surface area contributed by atoms with Gasteiger partial charge in [-0.15, -0.1) is 0 Å². The first-order valence-corrected chi connectivity index (χ1v) is 8.82. The number of rotatable bonds is 7. The summed E-state index contributed by atoms with van der Waals surface area (Å²) in [5.41, 5.74) is 1.07. The Morgan fingerprint density at radius 3 is 2.27 bits per heavy atom. The fourth-order valence-electron chi connectivity index (χ4n) is 2.94. The van der Waals surface area contributed by atoms with Crippen LogP contribution in [-0.4, -0.2) is 18.9 Å². The molecule has 0 saturated heterocycles. The second-order valence-corrected chi connectivity index (χ2v) is 6.72. The van der Waals surface area contributed by atoms with Crippen molar-refractivity contribution in [1.29, 1.82) is 0 Å². The van der Waals surface area contributed by atoms with Crippen LogP contribution in [-0.2, 0) is 16.1 Å². The predicted octanol–water partition coefficient (Wildman–Crippen LogP) is 2.97. The highest BCUT2D eigenvalue weighted by atomic mass is 16.5. The minimum absolute atomic E-state index is 0.129. The first-order chi connectivity index (χ1) is 12.5. The molecule has 0 radical (unpaired) electrons. The Morgan fingerprint density at radius 1 is 1.04 bits per heavy atom. The average Bonchev–Trinajstić information content (AvgIpc) is 3.49. The number of ether oxygens (including phenoxy) is 1. The molecule has 136 valence electrons. The van der Waals surface area contributed by atoms with Crippen molar-refractivity contribution in [3.8, 4) is 5.75 Å². The van der Waals surface area contributed by atoms with Gasteiger partial charge in [0.05, 0.1) is 13.2 Å². The Hall–Kier alpha value is -2.82. The number of benzene rings is 2. The van der Waals surface area contributed by atoms with Gasteiger partial charge in [0.15, 0.2) is 0 Å². The van der Waals surface area contributed by atoms with E-state index in [1.54, 1.807) is 7.11 Å². The van der Waals surface area contributed by atoms with Gasteiger partial charge in [0, 0.05) is 6.54 Å². The molecule has 2 amide bonds. The summed E-state index contributed by atoms with van der Waals surface area (Å²) >= 11 is 0. The Bertz CT molecular complexity index is 768. The molecule has 0 aliphatic heterocycles. The highest BCUT2D eigenvalue weighted by Crippen LogP contribution is 2.46. The van der Waals surface area contributed by atoms with Crippen LogP contribution in [0.15, 0.2) is 54.6 Å². The number of carbonyl (C=O) groups is 2. The number of carbonyl (C=O) groups excluding carboxylic acids is 2. The third-order valence-electron chi connectivity index (χ3n) is 4.88. The van der Waals surface area contributed by atoms with Gasteiger partial charge in [-0.1, -0.05) is 42.5 Å². The molecular weight excluding hydrogens is 328 g/mol. The summed E-state index contributed by atoms with van der Waals surface area (Å²) in [4.78, 5) is 25.2. The van der Waals surface area contributed by atoms with Gasteiger partial charge in [0.25, 0.3) is 0 Å². The van der Waals surface area contributed by atoms with E-state index in [1.807, 2.05) is 61.5 Å². The normalized spacial score (nSPS) is 15.6. The highest BCUT2D eigenvalue weighted by molar-refractivity contribution is 6.07. The minimum atomic E-state index is -0.921. The van der Waals surface area contributed by atoms with E-state index < -0.39 is 5.41 Å². The summed E-state index contributed by atoms with van der Waals surface area (Å²) in [5, 5.41) is 5.87. The Balaban J connectivity index is 1.56. The quantitative estimate of drug-likeness (QED) is 0.753. The van der Waals surface area contributed by atoms with Gasteiger partial charge >= 0.3 is 0 Å². The lowest BCUT2D eigenvalue weighted by Gasteiger charge is -2.20. The smallest absolute Gasteiger partial charge is 0.236 e. The highest BCUT2D eigenvalue weighted by Gasteiger charge is 2.56. The van der Waals surface area contributed by atoms with E-state index in [1.165, 1.54) is 0 Å². The molecule has 0 bridgehead atoms. The Labute approximate surface area is 153 Å². The van der Waals surface area contributed by atoms with E-state index in [2.05, 4.69) is 10.6 Å². The monoisotopic (exact) mass is 352 g/mol. The molecule has 0 heterocycles. The lowest BCUT2D eigenvalue weighted by Crippen LogP contribution is -2.43. The molecule has 0 aromatic heterocycles. The SMILES string of the molecule is COc1ccc(CNC(=O)C2(C(=O)NC(C)c3ccccc3)CC2)cc1. The van der Waals surface area contributed by atoms with Gasteiger partial charge in [0.1, 0.15) is 11.2 Å². The molecule has 5 heteroatoms. The molecule has 1 unspecified atom stereocenters. The zero-order chi connectivity index (χ0) is 18.6. The molecule has 2 N–H and O–H groups in total. The number of hydrogen-bond acceptors (Lipinski definition) is 3. The molecule has 0 spiro atoms. The van der Waals surface area contributed by atoms with E-state index >= 15 is 0 Å². The fourth-order valence-corrected chi connectivity index (χ4v) is 2.94. The molecular formula is C21H24N2O3. The first-order valence-electron chi connectivity index (χ1n) is 8.82. The van der Waals surface area contributed by atoms with Gasteiger partial charge in [-0.05, 0) is 43.0 Å². The van der Waals surface area contributed by atoms with E-state index in [0.29, 0.717) is 19.4 Å². The van der Waals surface area contributed by atoms with Crippen molar-refractivity contribution in [3.05, 3.63) is 65.7 Å². The fraction of sp³-hybridized carbons (Fsp3) is 0.333. The van der Waals surface area contributed by atoms with Gasteiger partial charge in [-0.2, -0.15) is 0 Å². The van der Waals surface area contributed by atoms with Crippen LogP contribution in [0.2, 0.25) is 0 Å². The first kappa shape index (κ1) is 18.0. The molecule has 3 rings (SSSR count). The van der Waals surface area contributed by atoms with E-state index in [-0.39, 0.29) is 17.9 Å². The molecule has 2 aromatic carbocycles. The van der Waals surface area contributed by atoms with Crippen molar-refractivity contribution >= 4 is 11.8 Å². The van der Waals surface area contributed by atoms with Gasteiger partial charge in [-0.3, -0.25) is 9.59 Å². The minimum Gasteiger partial charge on any atom is -0.497 e. The molecule has 2 aromatic rings. The van der Waals surface area contributed by atoms with Crippen molar-refractivity contribution < 1.29 is 14.3 Å². The molecule has 1 saturated carbocycles. The zero-order valence-electron chi connectivity index (χ0n) is 15.1. The van der Waals surface area contributed by atoms with E-state index in [0.717, 1.165) is 16.9 Å². The third-order valence-corrected chi connectivity index (χ3v) is 4.88. The van der Waals surface area contributed by atoms with Crippen LogP contribution in [0.3, 0.4) is 0 Å². The third kappa shape index (κ3) is 3.87. The number of hydrogen-bond donors (Lipinski definition) is 2. The lowest BCUT2D eigenvalue weighted by molar-refractivity contribution is -0.137. The van der Waals surface area contributed by atoms with Gasteiger partial charge < -0.3 is 15.4 Å². The Morgan fingerprint density at radius 2 is 1.69 bits per heavy atom. The average molecular weight is 352 g/mol. The van der Waals surface area contributed by atoms with E-state index in [9.17, 15) is 9.59 Å². The maximum absolute atomic E-state index is 12.7.